The number of hydrogen-bond acceptors (Lipinski definition) is 1. The van der Waals surface area contributed by atoms with Gasteiger partial charge in [0.1, 0.15) is 0 Å². The first-order valence-electron chi connectivity index (χ1n) is 6.73. The molecule has 0 unspecified atom stereocenters. The number of carbonyl (C=O) groups is 1. The third kappa shape index (κ3) is 2.32. The molecule has 1 N–H and O–H groups in total. The molecule has 102 valence electrons. The maximum atomic E-state index is 11.3. The van der Waals surface area contributed by atoms with Crippen LogP contribution in [0.4, 0.5) is 0 Å². The lowest BCUT2D eigenvalue weighted by Gasteiger charge is -2.19. The van der Waals surface area contributed by atoms with Gasteiger partial charge in [-0.3, -0.25) is 4.79 Å². The van der Waals surface area contributed by atoms with Crippen molar-refractivity contribution in [1.29, 1.82) is 0 Å². The lowest BCUT2D eigenvalue weighted by atomic mass is 9.86. The van der Waals surface area contributed by atoms with E-state index in [2.05, 4.69) is 6.07 Å². The number of halogens is 1. The SMILES string of the molecule is O=C(O)C[C@@H]1c2ccccc2CCc2c(Cl)cccc21. The summed E-state index contributed by atoms with van der Waals surface area (Å²) in [5, 5.41) is 9.99. The van der Waals surface area contributed by atoms with Crippen molar-refractivity contribution >= 4 is 17.6 Å². The molecule has 3 rings (SSSR count). The fourth-order valence-corrected chi connectivity index (χ4v) is 3.37. The molecule has 20 heavy (non-hydrogen) atoms. The van der Waals surface area contributed by atoms with Gasteiger partial charge in [-0.15, -0.1) is 0 Å². The summed E-state index contributed by atoms with van der Waals surface area (Å²) in [6, 6.07) is 13.9. The summed E-state index contributed by atoms with van der Waals surface area (Å²) in [5.41, 5.74) is 4.50. The lowest BCUT2D eigenvalue weighted by Crippen LogP contribution is -2.09. The van der Waals surface area contributed by atoms with Gasteiger partial charge in [-0.05, 0) is 41.2 Å². The number of benzene rings is 2. The molecule has 0 spiro atoms. The van der Waals surface area contributed by atoms with Crippen LogP contribution in [-0.4, -0.2) is 11.1 Å². The van der Waals surface area contributed by atoms with Gasteiger partial charge in [0.25, 0.3) is 0 Å². The third-order valence-corrected chi connectivity index (χ3v) is 4.34. The number of carboxylic acid groups (broad SMARTS) is 1. The Morgan fingerprint density at radius 2 is 1.85 bits per heavy atom. The molecule has 0 saturated carbocycles. The van der Waals surface area contributed by atoms with Crippen LogP contribution in [0.1, 0.15) is 34.6 Å². The molecule has 2 nitrogen and oxygen atoms in total. The fourth-order valence-electron chi connectivity index (χ4n) is 3.09. The first-order valence-corrected chi connectivity index (χ1v) is 7.11. The van der Waals surface area contributed by atoms with Crippen LogP contribution in [0, 0.1) is 0 Å². The van der Waals surface area contributed by atoms with Crippen LogP contribution in [0.3, 0.4) is 0 Å². The molecule has 0 bridgehead atoms. The van der Waals surface area contributed by atoms with Gasteiger partial charge in [-0.1, -0.05) is 48.0 Å². The fraction of sp³-hybridized carbons (Fsp3) is 0.235. The summed E-state index contributed by atoms with van der Waals surface area (Å²) in [6.45, 7) is 0. The summed E-state index contributed by atoms with van der Waals surface area (Å²) in [4.78, 5) is 11.3. The topological polar surface area (TPSA) is 37.3 Å². The molecule has 0 aromatic heterocycles. The van der Waals surface area contributed by atoms with Crippen molar-refractivity contribution in [2.75, 3.05) is 0 Å². The Morgan fingerprint density at radius 1 is 1.10 bits per heavy atom. The first-order chi connectivity index (χ1) is 9.66. The van der Waals surface area contributed by atoms with Crippen molar-refractivity contribution in [2.45, 2.75) is 25.2 Å². The summed E-state index contributed by atoms with van der Waals surface area (Å²) < 4.78 is 0. The number of hydrogen-bond donors (Lipinski definition) is 1. The van der Waals surface area contributed by atoms with E-state index in [4.69, 9.17) is 11.6 Å². The average Bonchev–Trinajstić information content (AvgIpc) is 2.58. The van der Waals surface area contributed by atoms with Gasteiger partial charge in [0.05, 0.1) is 6.42 Å². The van der Waals surface area contributed by atoms with Crippen molar-refractivity contribution in [3.63, 3.8) is 0 Å². The van der Waals surface area contributed by atoms with Crippen LogP contribution in [0.25, 0.3) is 0 Å². The number of rotatable bonds is 2. The minimum atomic E-state index is -0.780. The molecule has 3 heteroatoms. The van der Waals surface area contributed by atoms with Gasteiger partial charge in [0.15, 0.2) is 0 Å². The van der Waals surface area contributed by atoms with E-state index in [0.29, 0.717) is 0 Å². The van der Waals surface area contributed by atoms with E-state index in [1.54, 1.807) is 0 Å². The van der Waals surface area contributed by atoms with Crippen molar-refractivity contribution in [3.8, 4) is 0 Å². The summed E-state index contributed by atoms with van der Waals surface area (Å²) in [6.07, 6.45) is 1.87. The number of fused-ring (bicyclic) bond motifs is 2. The van der Waals surface area contributed by atoms with Gasteiger partial charge < -0.3 is 5.11 Å². The van der Waals surface area contributed by atoms with E-state index in [-0.39, 0.29) is 12.3 Å². The summed E-state index contributed by atoms with van der Waals surface area (Å²) in [5.74, 6) is -0.891. The molecule has 0 fully saturated rings. The lowest BCUT2D eigenvalue weighted by molar-refractivity contribution is -0.137. The molecule has 2 aromatic carbocycles. The van der Waals surface area contributed by atoms with Gasteiger partial charge in [-0.2, -0.15) is 0 Å². The third-order valence-electron chi connectivity index (χ3n) is 3.98. The zero-order valence-electron chi connectivity index (χ0n) is 11.0. The molecule has 0 amide bonds. The number of aryl methyl sites for hydroxylation is 1. The molecule has 1 aliphatic carbocycles. The van der Waals surface area contributed by atoms with Gasteiger partial charge in [-0.25, -0.2) is 0 Å². The molecule has 1 atom stereocenters. The molecule has 0 radical (unpaired) electrons. The predicted octanol–water partition coefficient (Wildman–Crippen LogP) is 4.05. The smallest absolute Gasteiger partial charge is 0.304 e. The van der Waals surface area contributed by atoms with Crippen LogP contribution in [0.5, 0.6) is 0 Å². The summed E-state index contributed by atoms with van der Waals surface area (Å²) >= 11 is 6.31. The Morgan fingerprint density at radius 3 is 2.65 bits per heavy atom. The van der Waals surface area contributed by atoms with Crippen LogP contribution in [0.2, 0.25) is 5.02 Å². The molecular formula is C17H15ClO2. The van der Waals surface area contributed by atoms with E-state index in [0.717, 1.165) is 34.6 Å². The maximum Gasteiger partial charge on any atom is 0.304 e. The zero-order chi connectivity index (χ0) is 14.1. The van der Waals surface area contributed by atoms with Crippen LogP contribution >= 0.6 is 11.6 Å². The highest BCUT2D eigenvalue weighted by molar-refractivity contribution is 6.31. The van der Waals surface area contributed by atoms with E-state index in [9.17, 15) is 9.90 Å². The zero-order valence-corrected chi connectivity index (χ0v) is 11.7. The van der Waals surface area contributed by atoms with Gasteiger partial charge >= 0.3 is 5.97 Å². The monoisotopic (exact) mass is 286 g/mol. The maximum absolute atomic E-state index is 11.3. The highest BCUT2D eigenvalue weighted by Crippen LogP contribution is 2.38. The molecular weight excluding hydrogens is 272 g/mol. The predicted molar refractivity (Wildman–Crippen MR) is 79.4 cm³/mol. The Bertz CT molecular complexity index is 664. The molecule has 0 saturated heterocycles. The largest absolute Gasteiger partial charge is 0.481 e. The minimum Gasteiger partial charge on any atom is -0.481 e. The Balaban J connectivity index is 2.19. The molecule has 0 heterocycles. The van der Waals surface area contributed by atoms with Crippen LogP contribution in [-0.2, 0) is 17.6 Å². The average molecular weight is 287 g/mol. The van der Waals surface area contributed by atoms with Crippen molar-refractivity contribution in [2.24, 2.45) is 0 Å². The molecule has 2 aromatic rings. The van der Waals surface area contributed by atoms with Crippen LogP contribution in [0.15, 0.2) is 42.5 Å². The second kappa shape index (κ2) is 5.29. The summed E-state index contributed by atoms with van der Waals surface area (Å²) in [7, 11) is 0. The van der Waals surface area contributed by atoms with Crippen molar-refractivity contribution < 1.29 is 9.90 Å². The molecule has 1 aliphatic rings. The van der Waals surface area contributed by atoms with E-state index in [1.807, 2.05) is 36.4 Å². The highest BCUT2D eigenvalue weighted by Gasteiger charge is 2.26. The standard InChI is InChI=1S/C17H15ClO2/c18-16-7-3-6-13-14(16)9-8-11-4-1-2-5-12(11)15(13)10-17(19)20/h1-7,15H,8-10H2,(H,19,20)/t15-/m1/s1. The highest BCUT2D eigenvalue weighted by atomic mass is 35.5. The van der Waals surface area contributed by atoms with Crippen molar-refractivity contribution in [1.82, 2.24) is 0 Å². The quantitative estimate of drug-likeness (QED) is 0.904. The Kier molecular flexibility index (Phi) is 3.49. The first kappa shape index (κ1) is 13.2. The molecule has 0 aliphatic heterocycles. The van der Waals surface area contributed by atoms with E-state index < -0.39 is 5.97 Å². The second-order valence-electron chi connectivity index (χ2n) is 5.16. The van der Waals surface area contributed by atoms with Crippen molar-refractivity contribution in [3.05, 3.63) is 69.7 Å². The Hall–Kier alpha value is -1.80. The number of carboxylic acids is 1. The second-order valence-corrected chi connectivity index (χ2v) is 5.56. The normalized spacial score (nSPS) is 16.9. The van der Waals surface area contributed by atoms with Gasteiger partial charge in [0.2, 0.25) is 0 Å². The Labute approximate surface area is 123 Å². The minimum absolute atomic E-state index is 0.102. The van der Waals surface area contributed by atoms with Gasteiger partial charge in [0, 0.05) is 10.9 Å². The van der Waals surface area contributed by atoms with E-state index in [1.165, 1.54) is 5.56 Å². The van der Waals surface area contributed by atoms with E-state index >= 15 is 0 Å². The van der Waals surface area contributed by atoms with Crippen LogP contribution < -0.4 is 0 Å². The number of aliphatic carboxylic acids is 1.